The summed E-state index contributed by atoms with van der Waals surface area (Å²) in [6.07, 6.45) is 3.40. The van der Waals surface area contributed by atoms with Gasteiger partial charge in [0.15, 0.2) is 5.17 Å². The monoisotopic (exact) mass is 490 g/mol. The summed E-state index contributed by atoms with van der Waals surface area (Å²) in [5.74, 6) is 0.945. The van der Waals surface area contributed by atoms with Gasteiger partial charge in [-0.05, 0) is 49.6 Å². The Morgan fingerprint density at radius 3 is 2.93 bits per heavy atom. The summed E-state index contributed by atoms with van der Waals surface area (Å²) in [4.78, 5) is 21.4. The van der Waals surface area contributed by atoms with Crippen LogP contribution in [0.5, 0.6) is 5.75 Å². The zero-order valence-corrected chi connectivity index (χ0v) is 18.4. The molecule has 1 aromatic carbocycles. The lowest BCUT2D eigenvalue weighted by atomic mass is 9.67. The molecule has 2 aromatic rings. The number of carbonyl (C=O) groups excluding carboxylic acids is 1. The number of aromatic nitrogens is 1. The Kier molecular flexibility index (Phi) is 4.97. The summed E-state index contributed by atoms with van der Waals surface area (Å²) in [5, 5.41) is 3.65. The minimum Gasteiger partial charge on any atom is -0.490 e. The highest BCUT2D eigenvalue weighted by atomic mass is 79.9. The first kappa shape index (κ1) is 19.8. The second-order valence-corrected chi connectivity index (χ2v) is 9.82. The second-order valence-electron chi connectivity index (χ2n) is 7.91. The molecule has 0 saturated heterocycles. The van der Waals surface area contributed by atoms with E-state index in [1.165, 1.54) is 12.1 Å². The predicted octanol–water partition coefficient (Wildman–Crippen LogP) is 3.60. The van der Waals surface area contributed by atoms with Crippen molar-refractivity contribution in [2.24, 2.45) is 16.6 Å². The van der Waals surface area contributed by atoms with E-state index in [4.69, 9.17) is 15.5 Å². The van der Waals surface area contributed by atoms with Gasteiger partial charge in [0.25, 0.3) is 5.91 Å². The highest BCUT2D eigenvalue weighted by Gasteiger charge is 2.54. The maximum Gasteiger partial charge on any atom is 0.270 e. The van der Waals surface area contributed by atoms with Crippen LogP contribution in [0, 0.1) is 11.7 Å². The van der Waals surface area contributed by atoms with Crippen molar-refractivity contribution in [2.45, 2.75) is 36.9 Å². The molecule has 9 heteroatoms. The quantitative estimate of drug-likeness (QED) is 0.670. The Bertz CT molecular complexity index is 1030. The van der Waals surface area contributed by atoms with E-state index in [1.54, 1.807) is 11.8 Å². The number of fused-ring (bicyclic) bond motifs is 4. The maximum atomic E-state index is 13.1. The lowest BCUT2D eigenvalue weighted by Gasteiger charge is -2.48. The number of pyridine rings is 1. The van der Waals surface area contributed by atoms with E-state index in [2.05, 4.69) is 32.3 Å². The molecule has 1 aromatic heterocycles. The molecule has 4 atom stereocenters. The van der Waals surface area contributed by atoms with Gasteiger partial charge in [0, 0.05) is 27.7 Å². The number of carbonyl (C=O) groups is 1. The van der Waals surface area contributed by atoms with Crippen molar-refractivity contribution in [1.29, 1.82) is 0 Å². The molecule has 1 aliphatic carbocycles. The van der Waals surface area contributed by atoms with E-state index in [-0.39, 0.29) is 29.7 Å². The number of amidine groups is 1. The molecule has 3 aliphatic rings. The Morgan fingerprint density at radius 1 is 1.33 bits per heavy atom. The van der Waals surface area contributed by atoms with E-state index < -0.39 is 11.4 Å². The van der Waals surface area contributed by atoms with Crippen LogP contribution < -0.4 is 15.8 Å². The number of nitrogens with two attached hydrogens (primary N) is 1. The minimum absolute atomic E-state index is 0.0195. The van der Waals surface area contributed by atoms with E-state index in [9.17, 15) is 9.18 Å². The van der Waals surface area contributed by atoms with Crippen LogP contribution in [0.2, 0.25) is 0 Å². The van der Waals surface area contributed by atoms with Gasteiger partial charge in [-0.15, -0.1) is 0 Å². The summed E-state index contributed by atoms with van der Waals surface area (Å²) in [7, 11) is 0. The topological polar surface area (TPSA) is 89.6 Å². The second kappa shape index (κ2) is 7.53. The number of thioether (sulfide) groups is 1. The average molecular weight is 491 g/mol. The zero-order chi connectivity index (χ0) is 20.9. The van der Waals surface area contributed by atoms with Gasteiger partial charge >= 0.3 is 0 Å². The summed E-state index contributed by atoms with van der Waals surface area (Å²) < 4.78 is 20.4. The van der Waals surface area contributed by atoms with E-state index in [0.717, 1.165) is 47.0 Å². The molecule has 156 valence electrons. The fraction of sp³-hybridized carbons (Fsp3) is 0.381. The van der Waals surface area contributed by atoms with Crippen LogP contribution in [0.3, 0.4) is 0 Å². The third kappa shape index (κ3) is 3.37. The van der Waals surface area contributed by atoms with Crippen LogP contribution in [0.4, 0.5) is 4.39 Å². The van der Waals surface area contributed by atoms with Crippen LogP contribution in [-0.2, 0) is 5.54 Å². The summed E-state index contributed by atoms with van der Waals surface area (Å²) in [5.41, 5.74) is 6.90. The van der Waals surface area contributed by atoms with Crippen LogP contribution >= 0.6 is 27.7 Å². The fourth-order valence-electron chi connectivity index (χ4n) is 4.77. The number of hydrogen-bond acceptors (Lipinski definition) is 6. The normalized spacial score (nSPS) is 29.5. The number of nitrogens with one attached hydrogen (secondary N) is 1. The first-order valence-corrected chi connectivity index (χ1v) is 11.6. The Labute approximate surface area is 186 Å². The van der Waals surface area contributed by atoms with Gasteiger partial charge in [0.1, 0.15) is 28.9 Å². The number of hydrogen-bond donors (Lipinski definition) is 2. The minimum atomic E-state index is -0.465. The van der Waals surface area contributed by atoms with Crippen molar-refractivity contribution in [3.63, 3.8) is 0 Å². The average Bonchev–Trinajstić information content (AvgIpc) is 3.12. The summed E-state index contributed by atoms with van der Waals surface area (Å²) >= 11 is 5.13. The summed E-state index contributed by atoms with van der Waals surface area (Å²) in [6.45, 7) is 0. The lowest BCUT2D eigenvalue weighted by Crippen LogP contribution is -2.54. The number of rotatable bonds is 2. The SMILES string of the molecule is NC1=NC2(CS1)c1cc(Br)ccc1O[C@H]1CC[C@H](NC(=O)c3ccc(F)cn3)C[C@@H]12. The van der Waals surface area contributed by atoms with Crippen molar-refractivity contribution in [3.05, 3.63) is 58.1 Å². The molecule has 0 radical (unpaired) electrons. The number of halogens is 2. The van der Waals surface area contributed by atoms with Crippen molar-refractivity contribution >= 4 is 38.8 Å². The smallest absolute Gasteiger partial charge is 0.270 e. The Balaban J connectivity index is 1.43. The van der Waals surface area contributed by atoms with E-state index >= 15 is 0 Å². The van der Waals surface area contributed by atoms with Gasteiger partial charge in [-0.1, -0.05) is 27.7 Å². The molecule has 0 bridgehead atoms. The number of aliphatic imine (C=N–C) groups is 1. The molecule has 1 unspecified atom stereocenters. The summed E-state index contributed by atoms with van der Waals surface area (Å²) in [6, 6.07) is 8.63. The third-order valence-corrected chi connectivity index (χ3v) is 7.60. The van der Waals surface area contributed by atoms with E-state index in [1.807, 2.05) is 12.1 Å². The Morgan fingerprint density at radius 2 is 2.20 bits per heavy atom. The molecule has 1 saturated carbocycles. The van der Waals surface area contributed by atoms with Gasteiger partial charge in [0.05, 0.1) is 6.20 Å². The molecule has 3 N–H and O–H groups in total. The molecule has 3 heterocycles. The standard InChI is InChI=1S/C21H20BrFN4O2S/c22-11-1-5-17-14(7-11)21(10-30-20(24)27-21)15-8-13(3-6-18(15)29-17)26-19(28)16-4-2-12(23)9-25-16/h1-2,4-5,7,9,13,15,18H,3,6,8,10H2,(H2,24,27)(H,26,28)/t13-,15-,18-,21?/m0/s1. The number of amides is 1. The Hall–Kier alpha value is -2.13. The molecular formula is C21H20BrFN4O2S. The molecular weight excluding hydrogens is 471 g/mol. The molecule has 1 fully saturated rings. The highest BCUT2D eigenvalue weighted by Crippen LogP contribution is 2.54. The largest absolute Gasteiger partial charge is 0.490 e. The van der Waals surface area contributed by atoms with Crippen molar-refractivity contribution in [3.8, 4) is 5.75 Å². The van der Waals surface area contributed by atoms with Gasteiger partial charge < -0.3 is 15.8 Å². The van der Waals surface area contributed by atoms with Crippen LogP contribution in [0.25, 0.3) is 0 Å². The fourth-order valence-corrected chi connectivity index (χ4v) is 6.16. The van der Waals surface area contributed by atoms with Gasteiger partial charge in [-0.25, -0.2) is 14.4 Å². The van der Waals surface area contributed by atoms with E-state index in [0.29, 0.717) is 5.17 Å². The van der Waals surface area contributed by atoms with Crippen molar-refractivity contribution in [2.75, 3.05) is 5.75 Å². The first-order chi connectivity index (χ1) is 14.4. The predicted molar refractivity (Wildman–Crippen MR) is 117 cm³/mol. The zero-order valence-electron chi connectivity index (χ0n) is 16.0. The number of benzene rings is 1. The molecule has 30 heavy (non-hydrogen) atoms. The molecule has 6 nitrogen and oxygen atoms in total. The van der Waals surface area contributed by atoms with Crippen LogP contribution in [0.15, 0.2) is 46.0 Å². The van der Waals surface area contributed by atoms with Gasteiger partial charge in [-0.2, -0.15) is 0 Å². The van der Waals surface area contributed by atoms with Crippen LogP contribution in [0.1, 0.15) is 35.3 Å². The van der Waals surface area contributed by atoms with Crippen LogP contribution in [-0.4, -0.2) is 34.0 Å². The molecule has 5 rings (SSSR count). The lowest BCUT2D eigenvalue weighted by molar-refractivity contribution is 0.0155. The third-order valence-electron chi connectivity index (χ3n) is 6.13. The molecule has 2 aliphatic heterocycles. The molecule has 1 spiro atoms. The highest BCUT2D eigenvalue weighted by molar-refractivity contribution is 9.10. The van der Waals surface area contributed by atoms with Crippen molar-refractivity contribution < 1.29 is 13.9 Å². The first-order valence-electron chi connectivity index (χ1n) is 9.82. The van der Waals surface area contributed by atoms with Gasteiger partial charge in [0.2, 0.25) is 0 Å². The van der Waals surface area contributed by atoms with Gasteiger partial charge in [-0.3, -0.25) is 4.79 Å². The number of ether oxygens (including phenoxy) is 1. The van der Waals surface area contributed by atoms with Crippen molar-refractivity contribution in [1.82, 2.24) is 10.3 Å². The maximum absolute atomic E-state index is 13.1. The number of nitrogens with zero attached hydrogens (tertiary/aromatic N) is 2. The molecule has 1 amide bonds.